The van der Waals surface area contributed by atoms with Gasteiger partial charge in [0.15, 0.2) is 0 Å². The van der Waals surface area contributed by atoms with Gasteiger partial charge in [-0.25, -0.2) is 16.8 Å². The predicted octanol–water partition coefficient (Wildman–Crippen LogP) is 4.10. The molecule has 1 aromatic rings. The fourth-order valence-electron chi connectivity index (χ4n) is 2.10. The highest BCUT2D eigenvalue weighted by atomic mass is 35.5. The van der Waals surface area contributed by atoms with Gasteiger partial charge in [0.05, 0.1) is 22.2 Å². The lowest BCUT2D eigenvalue weighted by atomic mass is 10.1. The summed E-state index contributed by atoms with van der Waals surface area (Å²) in [6.07, 6.45) is 0.256. The van der Waals surface area contributed by atoms with E-state index in [0.29, 0.717) is 14.8 Å². The van der Waals surface area contributed by atoms with Crippen molar-refractivity contribution in [2.75, 3.05) is 27.0 Å². The molecule has 0 radical (unpaired) electrons. The summed E-state index contributed by atoms with van der Waals surface area (Å²) in [6.45, 7) is 5.52. The van der Waals surface area contributed by atoms with E-state index in [1.807, 2.05) is 0 Å². The number of rotatable bonds is 10. The van der Waals surface area contributed by atoms with Crippen LogP contribution in [0.4, 0.5) is 5.69 Å². The van der Waals surface area contributed by atoms with Crippen molar-refractivity contribution >= 4 is 66.1 Å². The molecule has 0 bridgehead atoms. The van der Waals surface area contributed by atoms with Gasteiger partial charge in [-0.15, -0.1) is 23.2 Å². The Labute approximate surface area is 164 Å². The maximum atomic E-state index is 12.6. The SMILES string of the molecule is C=C(C)c1ccc(N(S(=O)(=O)CCCCl)S(=O)(=O)CCCCl)cc1Cl. The third-order valence-corrected chi connectivity index (χ3v) is 8.45. The molecule has 0 fully saturated rings. The van der Waals surface area contributed by atoms with Crippen LogP contribution in [0.1, 0.15) is 25.3 Å². The molecule has 0 aliphatic heterocycles. The van der Waals surface area contributed by atoms with Gasteiger partial charge in [-0.3, -0.25) is 0 Å². The Bertz CT molecular complexity index is 785. The molecule has 0 heterocycles. The van der Waals surface area contributed by atoms with Gasteiger partial charge in [-0.05, 0) is 43.0 Å². The molecule has 0 saturated heterocycles. The molecule has 0 saturated carbocycles. The molecule has 1 rings (SSSR count). The summed E-state index contributed by atoms with van der Waals surface area (Å²) < 4.78 is 50.9. The van der Waals surface area contributed by atoms with Crippen LogP contribution in [0.5, 0.6) is 0 Å². The van der Waals surface area contributed by atoms with E-state index in [0.717, 1.165) is 0 Å². The maximum Gasteiger partial charge on any atom is 0.248 e. The van der Waals surface area contributed by atoms with Gasteiger partial charge in [-0.1, -0.05) is 24.2 Å². The predicted molar refractivity (Wildman–Crippen MR) is 107 cm³/mol. The molecule has 0 aromatic heterocycles. The molecule has 0 spiro atoms. The van der Waals surface area contributed by atoms with Gasteiger partial charge < -0.3 is 0 Å². The second-order valence-corrected chi connectivity index (χ2v) is 10.6. The monoisotopic (exact) mass is 447 g/mol. The number of alkyl halides is 2. The molecule has 25 heavy (non-hydrogen) atoms. The van der Waals surface area contributed by atoms with Gasteiger partial charge in [0.25, 0.3) is 0 Å². The fraction of sp³-hybridized carbons (Fsp3) is 0.467. The lowest BCUT2D eigenvalue weighted by molar-refractivity contribution is 0.583. The Morgan fingerprint density at radius 3 is 1.88 bits per heavy atom. The van der Waals surface area contributed by atoms with Crippen LogP contribution in [0.3, 0.4) is 0 Å². The zero-order chi connectivity index (χ0) is 19.3. The first-order chi connectivity index (χ1) is 11.6. The van der Waals surface area contributed by atoms with Gasteiger partial charge in [-0.2, -0.15) is 3.71 Å². The summed E-state index contributed by atoms with van der Waals surface area (Å²) in [6, 6.07) is 4.25. The van der Waals surface area contributed by atoms with Crippen molar-refractivity contribution in [2.24, 2.45) is 0 Å². The zero-order valence-electron chi connectivity index (χ0n) is 13.7. The summed E-state index contributed by atoms with van der Waals surface area (Å²) in [4.78, 5) is 0. The van der Waals surface area contributed by atoms with Crippen LogP contribution >= 0.6 is 34.8 Å². The number of sulfonamides is 2. The molecule has 1 aromatic carbocycles. The molecular weight excluding hydrogens is 429 g/mol. The molecule has 0 aliphatic carbocycles. The lowest BCUT2D eigenvalue weighted by Crippen LogP contribution is -2.40. The standard InChI is InChI=1S/C15H20Cl3NO4S2/c1-12(2)14-6-5-13(11-15(14)18)19(24(20,21)9-3-7-16)25(22,23)10-4-8-17/h5-6,11H,1,3-4,7-10H2,2H3. The van der Waals surface area contributed by atoms with Crippen molar-refractivity contribution < 1.29 is 16.8 Å². The average Bonchev–Trinajstić information content (AvgIpc) is 2.50. The highest BCUT2D eigenvalue weighted by Gasteiger charge is 2.33. The highest BCUT2D eigenvalue weighted by Crippen LogP contribution is 2.31. The van der Waals surface area contributed by atoms with Crippen LogP contribution in [0, 0.1) is 0 Å². The van der Waals surface area contributed by atoms with Gasteiger partial charge >= 0.3 is 0 Å². The van der Waals surface area contributed by atoms with Gasteiger partial charge in [0.1, 0.15) is 0 Å². The van der Waals surface area contributed by atoms with Crippen molar-refractivity contribution in [2.45, 2.75) is 19.8 Å². The van der Waals surface area contributed by atoms with Crippen LogP contribution in [-0.2, 0) is 20.0 Å². The van der Waals surface area contributed by atoms with E-state index in [-0.39, 0.29) is 35.3 Å². The summed E-state index contributed by atoms with van der Waals surface area (Å²) in [5.41, 5.74) is 1.25. The van der Waals surface area contributed by atoms with Crippen molar-refractivity contribution in [1.82, 2.24) is 0 Å². The third kappa shape index (κ3) is 6.03. The van der Waals surface area contributed by atoms with Crippen molar-refractivity contribution in [1.29, 1.82) is 0 Å². The van der Waals surface area contributed by atoms with Crippen LogP contribution in [0.15, 0.2) is 24.8 Å². The quantitative estimate of drug-likeness (QED) is 0.505. The number of hydrogen-bond acceptors (Lipinski definition) is 4. The Balaban J connectivity index is 3.47. The van der Waals surface area contributed by atoms with Crippen LogP contribution < -0.4 is 3.71 Å². The molecule has 142 valence electrons. The Morgan fingerprint density at radius 2 is 1.52 bits per heavy atom. The van der Waals surface area contributed by atoms with E-state index in [1.165, 1.54) is 12.1 Å². The van der Waals surface area contributed by atoms with E-state index in [9.17, 15) is 16.8 Å². The number of anilines is 1. The van der Waals surface area contributed by atoms with Gasteiger partial charge in [0, 0.05) is 11.8 Å². The number of halogens is 3. The first-order valence-corrected chi connectivity index (χ1v) is 12.1. The van der Waals surface area contributed by atoms with Crippen molar-refractivity contribution in [3.05, 3.63) is 35.4 Å². The highest BCUT2D eigenvalue weighted by molar-refractivity contribution is 8.10. The minimum atomic E-state index is -4.14. The van der Waals surface area contributed by atoms with Crippen LogP contribution in [0.25, 0.3) is 5.57 Å². The Morgan fingerprint density at radius 1 is 1.04 bits per heavy atom. The molecule has 0 amide bonds. The molecule has 0 aliphatic rings. The zero-order valence-corrected chi connectivity index (χ0v) is 17.6. The lowest BCUT2D eigenvalue weighted by Gasteiger charge is -2.24. The number of allylic oxidation sites excluding steroid dienone is 1. The molecule has 0 atom stereocenters. The van der Waals surface area contributed by atoms with E-state index in [2.05, 4.69) is 6.58 Å². The van der Waals surface area contributed by atoms with E-state index in [1.54, 1.807) is 13.0 Å². The molecule has 10 heteroatoms. The van der Waals surface area contributed by atoms with Gasteiger partial charge in [0.2, 0.25) is 20.0 Å². The van der Waals surface area contributed by atoms with Crippen molar-refractivity contribution in [3.63, 3.8) is 0 Å². The largest absolute Gasteiger partial charge is 0.248 e. The number of nitrogens with zero attached hydrogens (tertiary/aromatic N) is 1. The minimum absolute atomic E-state index is 0.0425. The van der Waals surface area contributed by atoms with Crippen LogP contribution in [-0.4, -0.2) is 40.1 Å². The molecule has 0 unspecified atom stereocenters. The summed E-state index contributed by atoms with van der Waals surface area (Å²) in [5, 5.41) is 0.218. The minimum Gasteiger partial charge on any atom is -0.205 e. The Hall–Kier alpha value is -0.470. The molecular formula is C15H20Cl3NO4S2. The maximum absolute atomic E-state index is 12.6. The van der Waals surface area contributed by atoms with E-state index in [4.69, 9.17) is 34.8 Å². The Kier molecular flexibility index (Phi) is 8.54. The number of hydrogen-bond donors (Lipinski definition) is 0. The molecule has 5 nitrogen and oxygen atoms in total. The fourth-order valence-corrected chi connectivity index (χ4v) is 7.07. The van der Waals surface area contributed by atoms with Crippen molar-refractivity contribution in [3.8, 4) is 0 Å². The summed E-state index contributed by atoms with van der Waals surface area (Å²) in [7, 11) is -8.28. The second-order valence-electron chi connectivity index (χ2n) is 5.36. The average molecular weight is 449 g/mol. The first kappa shape index (κ1) is 22.6. The summed E-state index contributed by atoms with van der Waals surface area (Å²) >= 11 is 17.3. The summed E-state index contributed by atoms with van der Waals surface area (Å²) in [5.74, 6) is -0.582. The topological polar surface area (TPSA) is 71.5 Å². The first-order valence-electron chi connectivity index (χ1n) is 7.40. The third-order valence-electron chi connectivity index (χ3n) is 3.20. The normalized spacial score (nSPS) is 12.2. The second kappa shape index (κ2) is 9.46. The van der Waals surface area contributed by atoms with Crippen LogP contribution in [0.2, 0.25) is 5.02 Å². The van der Waals surface area contributed by atoms with E-state index < -0.39 is 31.6 Å². The number of benzene rings is 1. The smallest absolute Gasteiger partial charge is 0.205 e. The molecule has 0 N–H and O–H groups in total. The van der Waals surface area contributed by atoms with E-state index >= 15 is 0 Å².